The zero-order chi connectivity index (χ0) is 16.7. The van der Waals surface area contributed by atoms with Crippen molar-refractivity contribution in [3.63, 3.8) is 0 Å². The predicted molar refractivity (Wildman–Crippen MR) is 86.8 cm³/mol. The average molecular weight is 319 g/mol. The van der Waals surface area contributed by atoms with E-state index in [1.807, 2.05) is 37.3 Å². The summed E-state index contributed by atoms with van der Waals surface area (Å²) in [4.78, 5) is 23.9. The fraction of sp³-hybridized carbons (Fsp3) is 0.556. The number of ketones is 1. The molecule has 2 rings (SSSR count). The molecule has 1 fully saturated rings. The first-order chi connectivity index (χ1) is 11.1. The minimum absolute atomic E-state index is 0.164. The van der Waals surface area contributed by atoms with E-state index in [9.17, 15) is 14.7 Å². The van der Waals surface area contributed by atoms with Gasteiger partial charge in [-0.3, -0.25) is 4.79 Å². The van der Waals surface area contributed by atoms with Crippen LogP contribution in [-0.4, -0.2) is 29.1 Å². The Hall–Kier alpha value is -1.88. The number of Topliss-reactive ketones (excluding diaryl/α,β-unsaturated/α-hetero) is 1. The summed E-state index contributed by atoms with van der Waals surface area (Å²) in [5.41, 5.74) is 0.889. The summed E-state index contributed by atoms with van der Waals surface area (Å²) in [5, 5.41) is 12.8. The molecule has 0 radical (unpaired) electrons. The van der Waals surface area contributed by atoms with Gasteiger partial charge in [0.1, 0.15) is 12.7 Å². The second kappa shape index (κ2) is 8.67. The van der Waals surface area contributed by atoms with Crippen molar-refractivity contribution in [3.05, 3.63) is 35.9 Å². The van der Waals surface area contributed by atoms with Crippen LogP contribution < -0.4 is 5.32 Å². The lowest BCUT2D eigenvalue weighted by Gasteiger charge is -2.22. The van der Waals surface area contributed by atoms with Crippen molar-refractivity contribution >= 4 is 11.9 Å². The van der Waals surface area contributed by atoms with Crippen molar-refractivity contribution < 1.29 is 19.4 Å². The third-order valence-corrected chi connectivity index (χ3v) is 4.01. The van der Waals surface area contributed by atoms with Crippen LogP contribution in [-0.2, 0) is 16.1 Å². The fourth-order valence-electron chi connectivity index (χ4n) is 2.49. The summed E-state index contributed by atoms with van der Waals surface area (Å²) in [6, 6.07) is 8.78. The monoisotopic (exact) mass is 319 g/mol. The Kier molecular flexibility index (Phi) is 6.59. The summed E-state index contributed by atoms with van der Waals surface area (Å²) in [5.74, 6) is 0.235. The van der Waals surface area contributed by atoms with Gasteiger partial charge >= 0.3 is 6.09 Å². The maximum atomic E-state index is 12.0. The zero-order valence-corrected chi connectivity index (χ0v) is 13.5. The number of rotatable bonds is 9. The molecule has 1 unspecified atom stereocenters. The largest absolute Gasteiger partial charge is 0.445 e. The molecule has 1 amide bonds. The Morgan fingerprint density at radius 1 is 1.30 bits per heavy atom. The number of amides is 1. The molecule has 0 heterocycles. The molecule has 1 aliphatic rings. The van der Waals surface area contributed by atoms with Crippen LogP contribution in [0.3, 0.4) is 0 Å². The average Bonchev–Trinajstić information content (AvgIpc) is 3.36. The molecule has 0 saturated heterocycles. The highest BCUT2D eigenvalue weighted by atomic mass is 16.5. The highest BCUT2D eigenvalue weighted by Gasteiger charge is 2.32. The van der Waals surface area contributed by atoms with E-state index in [-0.39, 0.29) is 12.4 Å². The number of hydrogen-bond donors (Lipinski definition) is 2. The van der Waals surface area contributed by atoms with Gasteiger partial charge in [-0.2, -0.15) is 0 Å². The number of aliphatic hydroxyl groups is 1. The van der Waals surface area contributed by atoms with Gasteiger partial charge in [-0.05, 0) is 30.7 Å². The van der Waals surface area contributed by atoms with E-state index >= 15 is 0 Å². The number of benzene rings is 1. The maximum absolute atomic E-state index is 12.0. The van der Waals surface area contributed by atoms with Crippen molar-refractivity contribution in [1.29, 1.82) is 0 Å². The van der Waals surface area contributed by atoms with Crippen molar-refractivity contribution in [2.45, 2.75) is 57.8 Å². The van der Waals surface area contributed by atoms with Crippen LogP contribution in [0.4, 0.5) is 4.79 Å². The van der Waals surface area contributed by atoms with Crippen LogP contribution in [0.2, 0.25) is 0 Å². The summed E-state index contributed by atoms with van der Waals surface area (Å²) in [7, 11) is 0. The van der Waals surface area contributed by atoms with Gasteiger partial charge in [-0.1, -0.05) is 43.7 Å². The first kappa shape index (κ1) is 17.5. The molecule has 5 nitrogen and oxygen atoms in total. The van der Waals surface area contributed by atoms with Gasteiger partial charge in [0.15, 0.2) is 5.78 Å². The molecule has 5 heteroatoms. The summed E-state index contributed by atoms with van der Waals surface area (Å²) >= 11 is 0. The minimum Gasteiger partial charge on any atom is -0.445 e. The Morgan fingerprint density at radius 2 is 2.00 bits per heavy atom. The van der Waals surface area contributed by atoms with E-state index in [1.54, 1.807) is 0 Å². The van der Waals surface area contributed by atoms with Gasteiger partial charge in [0.2, 0.25) is 0 Å². The van der Waals surface area contributed by atoms with E-state index in [4.69, 9.17) is 4.74 Å². The number of ether oxygens (including phenoxy) is 1. The topological polar surface area (TPSA) is 75.6 Å². The quantitative estimate of drug-likeness (QED) is 0.734. The van der Waals surface area contributed by atoms with Crippen molar-refractivity contribution in [3.8, 4) is 0 Å². The lowest BCUT2D eigenvalue weighted by Crippen LogP contribution is -2.47. The Balaban J connectivity index is 1.81. The number of aliphatic hydroxyl groups excluding tert-OH is 1. The molecule has 0 aliphatic heterocycles. The minimum atomic E-state index is -1.15. The molecule has 23 heavy (non-hydrogen) atoms. The van der Waals surface area contributed by atoms with Gasteiger partial charge in [0.05, 0.1) is 6.04 Å². The van der Waals surface area contributed by atoms with E-state index in [2.05, 4.69) is 5.32 Å². The molecular weight excluding hydrogens is 294 g/mol. The van der Waals surface area contributed by atoms with E-state index < -0.39 is 18.2 Å². The molecule has 1 aromatic carbocycles. The molecule has 2 N–H and O–H groups in total. The second-order valence-corrected chi connectivity index (χ2v) is 6.16. The highest BCUT2D eigenvalue weighted by molar-refractivity contribution is 5.84. The van der Waals surface area contributed by atoms with Gasteiger partial charge in [-0.25, -0.2) is 4.79 Å². The number of alkyl carbamates (subject to hydrolysis) is 1. The van der Waals surface area contributed by atoms with Gasteiger partial charge in [0.25, 0.3) is 0 Å². The molecule has 126 valence electrons. The van der Waals surface area contributed by atoms with Gasteiger partial charge in [0, 0.05) is 6.42 Å². The SMILES string of the molecule is CCC[C@H](NC(=O)OCc1ccccc1)C(O)C(=O)CC1CC1. The normalized spacial score (nSPS) is 16.4. The lowest BCUT2D eigenvalue weighted by molar-refractivity contribution is -0.128. The second-order valence-electron chi connectivity index (χ2n) is 6.16. The third-order valence-electron chi connectivity index (χ3n) is 4.01. The van der Waals surface area contributed by atoms with Crippen LogP contribution in [0.15, 0.2) is 30.3 Å². The van der Waals surface area contributed by atoms with E-state index in [0.717, 1.165) is 24.8 Å². The molecule has 0 bridgehead atoms. The number of carbonyl (C=O) groups excluding carboxylic acids is 2. The molecular formula is C18H25NO4. The van der Waals surface area contributed by atoms with Crippen molar-refractivity contribution in [2.24, 2.45) is 5.92 Å². The summed E-state index contributed by atoms with van der Waals surface area (Å²) < 4.78 is 5.16. The Morgan fingerprint density at radius 3 is 2.61 bits per heavy atom. The smallest absolute Gasteiger partial charge is 0.407 e. The van der Waals surface area contributed by atoms with E-state index in [1.165, 1.54) is 0 Å². The Labute approximate surface area is 137 Å². The summed E-state index contributed by atoms with van der Waals surface area (Å²) in [6.07, 6.45) is 2.06. The van der Waals surface area contributed by atoms with Gasteiger partial charge in [-0.15, -0.1) is 0 Å². The molecule has 1 aromatic rings. The summed E-state index contributed by atoms with van der Waals surface area (Å²) in [6.45, 7) is 2.11. The highest BCUT2D eigenvalue weighted by Crippen LogP contribution is 2.33. The molecule has 2 atom stereocenters. The predicted octanol–water partition coefficient (Wildman–Crippen LogP) is 2.81. The van der Waals surface area contributed by atoms with Crippen LogP contribution in [0.25, 0.3) is 0 Å². The Bertz CT molecular complexity index is 513. The van der Waals surface area contributed by atoms with Crippen LogP contribution in [0, 0.1) is 5.92 Å². The first-order valence-electron chi connectivity index (χ1n) is 8.28. The lowest BCUT2D eigenvalue weighted by atomic mass is 9.99. The van der Waals surface area contributed by atoms with Crippen LogP contribution >= 0.6 is 0 Å². The fourth-order valence-corrected chi connectivity index (χ4v) is 2.49. The molecule has 1 saturated carbocycles. The maximum Gasteiger partial charge on any atom is 0.407 e. The number of carbonyl (C=O) groups is 2. The van der Waals surface area contributed by atoms with Crippen LogP contribution in [0.1, 0.15) is 44.6 Å². The number of hydrogen-bond acceptors (Lipinski definition) is 4. The third kappa shape index (κ3) is 6.02. The van der Waals surface area contributed by atoms with E-state index in [0.29, 0.717) is 18.8 Å². The standard InChI is InChI=1S/C18H25NO4/c1-2-6-15(17(21)16(20)11-13-9-10-13)19-18(22)23-12-14-7-4-3-5-8-14/h3-5,7-8,13,15,17,21H,2,6,9-12H2,1H3,(H,19,22)/t15-,17?/m0/s1. The molecule has 0 spiro atoms. The van der Waals surface area contributed by atoms with Crippen LogP contribution in [0.5, 0.6) is 0 Å². The van der Waals surface area contributed by atoms with Crippen molar-refractivity contribution in [1.82, 2.24) is 5.32 Å². The molecule has 0 aromatic heterocycles. The number of nitrogens with one attached hydrogen (secondary N) is 1. The van der Waals surface area contributed by atoms with Gasteiger partial charge < -0.3 is 15.2 Å². The zero-order valence-electron chi connectivity index (χ0n) is 13.5. The van der Waals surface area contributed by atoms with Crippen molar-refractivity contribution in [2.75, 3.05) is 0 Å². The molecule has 1 aliphatic carbocycles. The first-order valence-corrected chi connectivity index (χ1v) is 8.28.